The Hall–Kier alpha value is -3.99. The molecule has 4 heterocycles. The molecule has 11 heteroatoms. The molecule has 0 spiro atoms. The van der Waals surface area contributed by atoms with Gasteiger partial charge in [-0.05, 0) is 68.7 Å². The number of Topliss-reactive ketones (excluding diaryl/α,β-unsaturated/α-hetero) is 1. The molecule has 2 saturated heterocycles. The highest BCUT2D eigenvalue weighted by molar-refractivity contribution is 6.30. The molecule has 0 radical (unpaired) electrons. The largest absolute Gasteiger partial charge is 0.507 e. The molecule has 7 rings (SSSR count). The molecule has 10 nitrogen and oxygen atoms in total. The van der Waals surface area contributed by atoms with E-state index in [4.69, 9.17) is 21.3 Å². The molecule has 3 fully saturated rings. The van der Waals surface area contributed by atoms with Crippen molar-refractivity contribution < 1.29 is 24.5 Å². The van der Waals surface area contributed by atoms with Gasteiger partial charge in [0.05, 0.1) is 63.7 Å². The van der Waals surface area contributed by atoms with Crippen molar-refractivity contribution in [3.63, 3.8) is 0 Å². The number of hydrogen-bond acceptors (Lipinski definition) is 8. The molecule has 2 aliphatic heterocycles. The number of fused-ring (bicyclic) bond motifs is 2. The SMILES string of the molecule is CC(C(=O)c1c(O)cccc1N1CCN(Cc2nc3ccc(C(=O)O)cc3n2CC2CCO2)C2CCC21)c1ccc(Cl)cn1. The Morgan fingerprint density at radius 2 is 1.91 bits per heavy atom. The van der Waals surface area contributed by atoms with Crippen LogP contribution in [0, 0.1) is 0 Å². The van der Waals surface area contributed by atoms with E-state index in [0.29, 0.717) is 35.9 Å². The van der Waals surface area contributed by atoms with Crippen molar-refractivity contribution >= 4 is 40.1 Å². The van der Waals surface area contributed by atoms with E-state index in [9.17, 15) is 19.8 Å². The van der Waals surface area contributed by atoms with Crippen molar-refractivity contribution in [3.05, 3.63) is 82.4 Å². The fraction of sp³-hybridized carbons (Fsp3) is 0.394. The summed E-state index contributed by atoms with van der Waals surface area (Å²) in [7, 11) is 0. The first kappa shape index (κ1) is 28.8. The number of piperazine rings is 1. The maximum atomic E-state index is 13.8. The van der Waals surface area contributed by atoms with E-state index in [1.165, 1.54) is 6.20 Å². The fourth-order valence-corrected chi connectivity index (χ4v) is 6.89. The third-order valence-electron chi connectivity index (χ3n) is 9.46. The van der Waals surface area contributed by atoms with E-state index in [-0.39, 0.29) is 35.3 Å². The summed E-state index contributed by atoms with van der Waals surface area (Å²) in [5.74, 6) is -0.821. The highest BCUT2D eigenvalue weighted by atomic mass is 35.5. The van der Waals surface area contributed by atoms with Crippen molar-refractivity contribution in [2.24, 2.45) is 0 Å². The van der Waals surface area contributed by atoms with Crippen LogP contribution in [0.3, 0.4) is 0 Å². The molecule has 0 bridgehead atoms. The van der Waals surface area contributed by atoms with E-state index in [1.807, 2.05) is 6.07 Å². The number of imidazole rings is 1. The summed E-state index contributed by atoms with van der Waals surface area (Å²) in [4.78, 5) is 39.5. The number of aromatic carboxylic acids is 1. The number of rotatable bonds is 9. The molecule has 228 valence electrons. The molecule has 3 aliphatic rings. The third-order valence-corrected chi connectivity index (χ3v) is 9.69. The molecule has 1 saturated carbocycles. The Balaban J connectivity index is 1.15. The van der Waals surface area contributed by atoms with E-state index >= 15 is 0 Å². The molecular weight excluding hydrogens is 582 g/mol. The van der Waals surface area contributed by atoms with Crippen LogP contribution in [0.5, 0.6) is 5.75 Å². The van der Waals surface area contributed by atoms with Gasteiger partial charge in [0.2, 0.25) is 0 Å². The highest BCUT2D eigenvalue weighted by Gasteiger charge is 2.44. The second-order valence-electron chi connectivity index (χ2n) is 12.0. The number of ether oxygens (including phenoxy) is 1. The molecule has 44 heavy (non-hydrogen) atoms. The third kappa shape index (κ3) is 5.10. The second kappa shape index (κ2) is 11.5. The Morgan fingerprint density at radius 1 is 1.09 bits per heavy atom. The molecule has 0 amide bonds. The number of aromatic hydroxyl groups is 1. The van der Waals surface area contributed by atoms with Crippen molar-refractivity contribution in [1.29, 1.82) is 0 Å². The van der Waals surface area contributed by atoms with Gasteiger partial charge in [0.15, 0.2) is 5.78 Å². The van der Waals surface area contributed by atoms with Crippen molar-refractivity contribution in [1.82, 2.24) is 19.4 Å². The van der Waals surface area contributed by atoms with Gasteiger partial charge in [-0.3, -0.25) is 14.7 Å². The zero-order valence-corrected chi connectivity index (χ0v) is 25.2. The van der Waals surface area contributed by atoms with Gasteiger partial charge in [0, 0.05) is 38.0 Å². The van der Waals surface area contributed by atoms with Crippen molar-refractivity contribution in [2.45, 2.75) is 63.4 Å². The lowest BCUT2D eigenvalue weighted by molar-refractivity contribution is -0.0594. The summed E-state index contributed by atoms with van der Waals surface area (Å²) < 4.78 is 7.86. The summed E-state index contributed by atoms with van der Waals surface area (Å²) in [6.45, 7) is 5.25. The zero-order chi connectivity index (χ0) is 30.5. The number of aromatic nitrogens is 3. The van der Waals surface area contributed by atoms with Crippen LogP contribution in [0.2, 0.25) is 5.02 Å². The lowest BCUT2D eigenvalue weighted by Crippen LogP contribution is -2.64. The number of carboxylic acid groups (broad SMARTS) is 1. The number of phenolic OH excluding ortho intramolecular Hbond substituents is 1. The van der Waals surface area contributed by atoms with Gasteiger partial charge in [-0.1, -0.05) is 17.7 Å². The number of pyridine rings is 1. The average Bonchev–Trinajstić information content (AvgIpc) is 3.31. The molecular formula is C33H34ClN5O5. The highest BCUT2D eigenvalue weighted by Crippen LogP contribution is 2.41. The molecule has 2 aromatic carbocycles. The Morgan fingerprint density at radius 3 is 2.59 bits per heavy atom. The fourth-order valence-electron chi connectivity index (χ4n) is 6.78. The first-order chi connectivity index (χ1) is 21.3. The molecule has 4 atom stereocenters. The van der Waals surface area contributed by atoms with Crippen molar-refractivity contribution in [3.8, 4) is 5.75 Å². The number of ketones is 1. The summed E-state index contributed by atoms with van der Waals surface area (Å²) in [5, 5.41) is 21.0. The molecule has 2 aromatic heterocycles. The normalized spacial score (nSPS) is 22.2. The summed E-state index contributed by atoms with van der Waals surface area (Å²) >= 11 is 6.01. The van der Waals surface area contributed by atoms with E-state index in [0.717, 1.165) is 55.0 Å². The van der Waals surface area contributed by atoms with Gasteiger partial charge < -0.3 is 24.4 Å². The first-order valence-electron chi connectivity index (χ1n) is 15.1. The van der Waals surface area contributed by atoms with Crippen molar-refractivity contribution in [2.75, 3.05) is 24.6 Å². The van der Waals surface area contributed by atoms with Gasteiger partial charge >= 0.3 is 5.97 Å². The maximum Gasteiger partial charge on any atom is 0.335 e. The molecule has 1 aliphatic carbocycles. The quantitative estimate of drug-likeness (QED) is 0.247. The standard InChI is InChI=1S/C33H34ClN5O5/c1-19(23-8-6-21(34)16-35-23)32(41)31-27(3-2-4-29(31)40)38-13-12-37(25-9-10-26(25)38)18-30-36-24-7-5-20(33(42)43)15-28(24)39(30)17-22-11-14-44-22/h2-8,15-16,19,22,25-26,40H,9-14,17-18H2,1H3,(H,42,43). The van der Waals surface area contributed by atoms with Crippen LogP contribution >= 0.6 is 11.6 Å². The average molecular weight is 616 g/mol. The first-order valence-corrected chi connectivity index (χ1v) is 15.5. The number of hydrogen-bond donors (Lipinski definition) is 2. The lowest BCUT2D eigenvalue weighted by Gasteiger charge is -2.55. The van der Waals surface area contributed by atoms with Gasteiger partial charge in [-0.2, -0.15) is 0 Å². The van der Waals surface area contributed by atoms with Crippen LogP contribution in [-0.4, -0.2) is 79.3 Å². The number of carbonyl (C=O) groups excluding carboxylic acids is 1. The second-order valence-corrected chi connectivity index (χ2v) is 12.4. The Labute approximate surface area is 259 Å². The molecule has 4 aromatic rings. The number of carboxylic acids is 1. The van der Waals surface area contributed by atoms with Gasteiger partial charge in [0.1, 0.15) is 11.6 Å². The number of phenols is 1. The maximum absolute atomic E-state index is 13.8. The van der Waals surface area contributed by atoms with Crippen LogP contribution in [0.1, 0.15) is 64.3 Å². The van der Waals surface area contributed by atoms with E-state index in [2.05, 4.69) is 19.4 Å². The molecule has 2 N–H and O–H groups in total. The summed E-state index contributed by atoms with van der Waals surface area (Å²) in [6, 6.07) is 14.3. The summed E-state index contributed by atoms with van der Waals surface area (Å²) in [6.07, 6.45) is 4.60. The summed E-state index contributed by atoms with van der Waals surface area (Å²) in [5.41, 5.74) is 3.51. The van der Waals surface area contributed by atoms with Crippen LogP contribution in [-0.2, 0) is 17.8 Å². The topological polar surface area (TPSA) is 121 Å². The Bertz CT molecular complexity index is 1740. The number of nitrogens with zero attached hydrogens (tertiary/aromatic N) is 5. The number of halogens is 1. The minimum Gasteiger partial charge on any atom is -0.507 e. The zero-order valence-electron chi connectivity index (χ0n) is 24.4. The van der Waals surface area contributed by atoms with E-state index < -0.39 is 11.9 Å². The number of anilines is 1. The minimum atomic E-state index is -0.960. The predicted molar refractivity (Wildman–Crippen MR) is 166 cm³/mol. The van der Waals surface area contributed by atoms with Crippen LogP contribution in [0.25, 0.3) is 11.0 Å². The lowest BCUT2D eigenvalue weighted by atomic mass is 9.80. The smallest absolute Gasteiger partial charge is 0.335 e. The number of benzene rings is 2. The van der Waals surface area contributed by atoms with Gasteiger partial charge in [-0.25, -0.2) is 9.78 Å². The van der Waals surface area contributed by atoms with E-state index in [1.54, 1.807) is 49.4 Å². The van der Waals surface area contributed by atoms with Crippen LogP contribution < -0.4 is 4.90 Å². The monoisotopic (exact) mass is 615 g/mol. The van der Waals surface area contributed by atoms with Crippen LogP contribution in [0.4, 0.5) is 5.69 Å². The minimum absolute atomic E-state index is 0.0284. The van der Waals surface area contributed by atoms with Gasteiger partial charge in [0.25, 0.3) is 0 Å². The number of carbonyl (C=O) groups is 2. The molecule has 4 unspecified atom stereocenters. The van der Waals surface area contributed by atoms with Gasteiger partial charge in [-0.15, -0.1) is 0 Å². The van der Waals surface area contributed by atoms with Crippen LogP contribution in [0.15, 0.2) is 54.7 Å². The predicted octanol–water partition coefficient (Wildman–Crippen LogP) is 5.12. The Kier molecular flexibility index (Phi) is 7.52.